The Morgan fingerprint density at radius 1 is 1.27 bits per heavy atom. The Hall–Kier alpha value is -2.68. The average Bonchev–Trinajstić information content (AvgIpc) is 3.39. The van der Waals surface area contributed by atoms with Gasteiger partial charge in [0.15, 0.2) is 0 Å². The molecule has 1 aromatic rings. The van der Waals surface area contributed by atoms with Gasteiger partial charge in [-0.05, 0) is 55.2 Å². The summed E-state index contributed by atoms with van der Waals surface area (Å²) in [4.78, 5) is 51.1. The molecule has 158 valence electrons. The van der Waals surface area contributed by atoms with Crippen LogP contribution in [0.25, 0.3) is 0 Å². The van der Waals surface area contributed by atoms with Gasteiger partial charge in [-0.1, -0.05) is 12.2 Å². The van der Waals surface area contributed by atoms with Crippen molar-refractivity contribution in [3.8, 4) is 0 Å². The van der Waals surface area contributed by atoms with Crippen LogP contribution in [0.1, 0.15) is 18.4 Å². The van der Waals surface area contributed by atoms with Gasteiger partial charge in [0.05, 0.1) is 16.8 Å². The number of non-ortho nitro benzene ring substituents is 1. The Morgan fingerprint density at radius 3 is 2.43 bits per heavy atom. The molecular formula is C21H23N3O5S. The summed E-state index contributed by atoms with van der Waals surface area (Å²) >= 11 is 1.54. The highest BCUT2D eigenvalue weighted by Crippen LogP contribution is 2.53. The standard InChI is InChI=1S/C21H23N3O5S/c1-11-9-14(24(28)29)5-6-15(11)22-19(25)16(7-8-30-2)23-20(26)17-12-3-4-13(10-12)18(17)21(23)27/h3-6,9,12-13,16-18H,7-8,10H2,1-2H3,(H,22,25). The van der Waals surface area contributed by atoms with Crippen LogP contribution in [0.4, 0.5) is 11.4 Å². The normalized spacial score (nSPS) is 27.5. The van der Waals surface area contributed by atoms with Gasteiger partial charge in [-0.15, -0.1) is 0 Å². The van der Waals surface area contributed by atoms with E-state index in [0.717, 1.165) is 6.42 Å². The first-order valence-electron chi connectivity index (χ1n) is 9.93. The molecular weight excluding hydrogens is 406 g/mol. The Kier molecular flexibility index (Phi) is 5.40. The Balaban J connectivity index is 1.57. The third-order valence-corrected chi connectivity index (χ3v) is 7.04. The van der Waals surface area contributed by atoms with Crippen LogP contribution in [0.15, 0.2) is 30.4 Å². The summed E-state index contributed by atoms with van der Waals surface area (Å²) in [6.45, 7) is 1.67. The van der Waals surface area contributed by atoms with E-state index in [0.29, 0.717) is 23.4 Å². The molecule has 3 amide bonds. The summed E-state index contributed by atoms with van der Waals surface area (Å²) in [5.41, 5.74) is 0.908. The van der Waals surface area contributed by atoms with Crippen LogP contribution in [0.5, 0.6) is 0 Å². The fourth-order valence-corrected chi connectivity index (χ4v) is 5.42. The summed E-state index contributed by atoms with van der Waals surface area (Å²) in [6, 6.07) is 3.28. The number of hydrogen-bond acceptors (Lipinski definition) is 6. The highest BCUT2D eigenvalue weighted by Gasteiger charge is 2.61. The Bertz CT molecular complexity index is 932. The van der Waals surface area contributed by atoms with E-state index >= 15 is 0 Å². The molecule has 5 unspecified atom stereocenters. The zero-order valence-electron chi connectivity index (χ0n) is 16.7. The van der Waals surface area contributed by atoms with Gasteiger partial charge < -0.3 is 5.32 Å². The minimum absolute atomic E-state index is 0.0647. The lowest BCUT2D eigenvalue weighted by molar-refractivity contribution is -0.384. The van der Waals surface area contributed by atoms with Crippen molar-refractivity contribution in [3.05, 3.63) is 46.0 Å². The maximum Gasteiger partial charge on any atom is 0.269 e. The first kappa shape index (κ1) is 20.6. The summed E-state index contributed by atoms with van der Waals surface area (Å²) in [7, 11) is 0. The van der Waals surface area contributed by atoms with Crippen molar-refractivity contribution >= 4 is 40.9 Å². The third-order valence-electron chi connectivity index (χ3n) is 6.39. The second-order valence-corrected chi connectivity index (χ2v) is 9.07. The molecule has 0 aromatic heterocycles. The Labute approximate surface area is 178 Å². The number of benzene rings is 1. The topological polar surface area (TPSA) is 110 Å². The van der Waals surface area contributed by atoms with Crippen LogP contribution in [-0.2, 0) is 14.4 Å². The molecule has 2 bridgehead atoms. The predicted molar refractivity (Wildman–Crippen MR) is 113 cm³/mol. The molecule has 1 saturated carbocycles. The van der Waals surface area contributed by atoms with Crippen LogP contribution in [0.2, 0.25) is 0 Å². The molecule has 8 nitrogen and oxygen atoms in total. The van der Waals surface area contributed by atoms with Crippen LogP contribution < -0.4 is 5.32 Å². The van der Waals surface area contributed by atoms with E-state index in [1.807, 2.05) is 18.4 Å². The van der Waals surface area contributed by atoms with E-state index in [4.69, 9.17) is 0 Å². The number of nitro groups is 1. The zero-order valence-corrected chi connectivity index (χ0v) is 17.6. The molecule has 1 aromatic carbocycles. The largest absolute Gasteiger partial charge is 0.324 e. The van der Waals surface area contributed by atoms with Crippen molar-refractivity contribution in [2.45, 2.75) is 25.8 Å². The van der Waals surface area contributed by atoms with Gasteiger partial charge in [-0.2, -0.15) is 11.8 Å². The minimum Gasteiger partial charge on any atom is -0.324 e. The lowest BCUT2D eigenvalue weighted by Gasteiger charge is -2.27. The van der Waals surface area contributed by atoms with Crippen LogP contribution >= 0.6 is 11.8 Å². The van der Waals surface area contributed by atoms with Gasteiger partial charge in [0.2, 0.25) is 17.7 Å². The molecule has 9 heteroatoms. The number of rotatable bonds is 7. The number of imide groups is 1. The van der Waals surface area contributed by atoms with Crippen LogP contribution in [-0.4, -0.2) is 45.6 Å². The number of fused-ring (bicyclic) bond motifs is 5. The smallest absolute Gasteiger partial charge is 0.269 e. The molecule has 4 rings (SSSR count). The maximum absolute atomic E-state index is 13.2. The summed E-state index contributed by atoms with van der Waals surface area (Å²) in [5, 5.41) is 13.7. The van der Waals surface area contributed by atoms with Crippen LogP contribution in [0, 0.1) is 40.7 Å². The number of hydrogen-bond donors (Lipinski definition) is 1. The molecule has 1 aliphatic heterocycles. The second kappa shape index (κ2) is 7.86. The molecule has 30 heavy (non-hydrogen) atoms. The monoisotopic (exact) mass is 429 g/mol. The van der Waals surface area contributed by atoms with E-state index in [2.05, 4.69) is 5.32 Å². The third kappa shape index (κ3) is 3.30. The van der Waals surface area contributed by atoms with Crippen molar-refractivity contribution in [2.75, 3.05) is 17.3 Å². The van der Waals surface area contributed by atoms with E-state index in [9.17, 15) is 24.5 Å². The number of anilines is 1. The number of nitrogens with zero attached hydrogens (tertiary/aromatic N) is 2. The highest BCUT2D eigenvalue weighted by molar-refractivity contribution is 7.98. The summed E-state index contributed by atoms with van der Waals surface area (Å²) in [6.07, 6.45) is 7.15. The number of likely N-dealkylation sites (tertiary alicyclic amines) is 1. The lowest BCUT2D eigenvalue weighted by Crippen LogP contribution is -2.48. The number of nitro benzene ring substituents is 1. The quantitative estimate of drug-likeness (QED) is 0.309. The fraction of sp³-hybridized carbons (Fsp3) is 0.476. The number of carbonyl (C=O) groups excluding carboxylic acids is 3. The first-order chi connectivity index (χ1) is 14.3. The van der Waals surface area contributed by atoms with Crippen molar-refractivity contribution in [1.82, 2.24) is 4.90 Å². The Morgan fingerprint density at radius 2 is 1.90 bits per heavy atom. The number of amides is 3. The molecule has 0 radical (unpaired) electrons. The number of thioether (sulfide) groups is 1. The highest BCUT2D eigenvalue weighted by atomic mass is 32.2. The molecule has 1 heterocycles. The van der Waals surface area contributed by atoms with Crippen molar-refractivity contribution < 1.29 is 19.3 Å². The van der Waals surface area contributed by atoms with Crippen LogP contribution in [0.3, 0.4) is 0 Å². The molecule has 1 saturated heterocycles. The SMILES string of the molecule is CSCCC(C(=O)Nc1ccc([N+](=O)[O-])cc1C)N1C(=O)C2C3C=CC(C3)C2C1=O. The van der Waals surface area contributed by atoms with E-state index in [1.54, 1.807) is 18.7 Å². The number of allylic oxidation sites excluding steroid dienone is 2. The molecule has 2 fully saturated rings. The molecule has 3 aliphatic rings. The molecule has 5 atom stereocenters. The number of aryl methyl sites for hydroxylation is 1. The van der Waals surface area contributed by atoms with Crippen molar-refractivity contribution in [3.63, 3.8) is 0 Å². The molecule has 2 aliphatic carbocycles. The number of nitrogens with one attached hydrogen (secondary N) is 1. The minimum atomic E-state index is -0.892. The first-order valence-corrected chi connectivity index (χ1v) is 11.3. The molecule has 0 spiro atoms. The van der Waals surface area contributed by atoms with Gasteiger partial charge in [0, 0.05) is 17.8 Å². The molecule has 1 N–H and O–H groups in total. The summed E-state index contributed by atoms with van der Waals surface area (Å²) in [5.74, 6) is -0.842. The maximum atomic E-state index is 13.2. The van der Waals surface area contributed by atoms with Crippen molar-refractivity contribution in [1.29, 1.82) is 0 Å². The fourth-order valence-electron chi connectivity index (χ4n) is 4.96. The average molecular weight is 429 g/mol. The van der Waals surface area contributed by atoms with E-state index < -0.39 is 16.9 Å². The van der Waals surface area contributed by atoms with Gasteiger partial charge in [0.25, 0.3) is 5.69 Å². The van der Waals surface area contributed by atoms with Crippen molar-refractivity contribution in [2.24, 2.45) is 23.7 Å². The number of carbonyl (C=O) groups is 3. The second-order valence-electron chi connectivity index (χ2n) is 8.09. The van der Waals surface area contributed by atoms with E-state index in [1.165, 1.54) is 23.1 Å². The van der Waals surface area contributed by atoms with Gasteiger partial charge >= 0.3 is 0 Å². The zero-order chi connectivity index (χ0) is 21.6. The van der Waals surface area contributed by atoms with E-state index in [-0.39, 0.29) is 41.2 Å². The lowest BCUT2D eigenvalue weighted by atomic mass is 9.85. The predicted octanol–water partition coefficient (Wildman–Crippen LogP) is 2.77. The summed E-state index contributed by atoms with van der Waals surface area (Å²) < 4.78 is 0. The van der Waals surface area contributed by atoms with Gasteiger partial charge in [-0.25, -0.2) is 0 Å². The van der Waals surface area contributed by atoms with Gasteiger partial charge in [-0.3, -0.25) is 29.4 Å². The van der Waals surface area contributed by atoms with Gasteiger partial charge in [0.1, 0.15) is 6.04 Å².